The highest BCUT2D eigenvalue weighted by Crippen LogP contribution is 2.40. The van der Waals surface area contributed by atoms with Gasteiger partial charge in [-0.1, -0.05) is 6.92 Å². The van der Waals surface area contributed by atoms with Gasteiger partial charge in [0, 0.05) is 11.4 Å². The van der Waals surface area contributed by atoms with E-state index in [4.69, 9.17) is 17.0 Å². The fourth-order valence-electron chi connectivity index (χ4n) is 2.57. The molecular formula is C15H22N2O2S2. The molecule has 0 bridgehead atoms. The van der Waals surface area contributed by atoms with Crippen LogP contribution in [0.15, 0.2) is 0 Å². The molecule has 0 aromatic carbocycles. The van der Waals surface area contributed by atoms with Gasteiger partial charge in [0.25, 0.3) is 0 Å². The predicted molar refractivity (Wildman–Crippen MR) is 91.4 cm³/mol. The van der Waals surface area contributed by atoms with Crippen LogP contribution in [0.25, 0.3) is 0 Å². The topological polar surface area (TPSA) is 50.4 Å². The molecule has 1 heterocycles. The third kappa shape index (κ3) is 3.74. The predicted octanol–water partition coefficient (Wildman–Crippen LogP) is 3.36. The van der Waals surface area contributed by atoms with E-state index < -0.39 is 0 Å². The van der Waals surface area contributed by atoms with Crippen LogP contribution < -0.4 is 10.6 Å². The van der Waals surface area contributed by atoms with Crippen molar-refractivity contribution >= 4 is 39.6 Å². The molecule has 1 aromatic heterocycles. The first-order chi connectivity index (χ1) is 10.1. The number of thiophene rings is 1. The van der Waals surface area contributed by atoms with Crippen molar-refractivity contribution in [1.82, 2.24) is 5.32 Å². The van der Waals surface area contributed by atoms with Crippen LogP contribution in [0, 0.1) is 5.92 Å². The van der Waals surface area contributed by atoms with Crippen LogP contribution in [0.1, 0.15) is 48.0 Å². The molecule has 116 valence electrons. The molecule has 0 amide bonds. The average molecular weight is 326 g/mol. The summed E-state index contributed by atoms with van der Waals surface area (Å²) in [6.45, 7) is 7.21. The van der Waals surface area contributed by atoms with Gasteiger partial charge in [-0.3, -0.25) is 0 Å². The van der Waals surface area contributed by atoms with Gasteiger partial charge < -0.3 is 15.4 Å². The molecule has 1 aromatic rings. The molecule has 0 aliphatic heterocycles. The number of fused-ring (bicyclic) bond motifs is 1. The number of carbonyl (C=O) groups is 1. The molecule has 0 saturated carbocycles. The van der Waals surface area contributed by atoms with Crippen molar-refractivity contribution in [2.75, 3.05) is 18.5 Å². The van der Waals surface area contributed by atoms with Crippen molar-refractivity contribution in [3.8, 4) is 0 Å². The molecule has 4 nitrogen and oxygen atoms in total. The van der Waals surface area contributed by atoms with Crippen LogP contribution in [-0.2, 0) is 17.6 Å². The number of carbonyl (C=O) groups excluding carboxylic acids is 1. The maximum Gasteiger partial charge on any atom is 0.341 e. The molecule has 0 unspecified atom stereocenters. The van der Waals surface area contributed by atoms with Gasteiger partial charge in [0.1, 0.15) is 5.00 Å². The molecule has 0 fully saturated rings. The first-order valence-corrected chi connectivity index (χ1v) is 8.65. The maximum atomic E-state index is 12.3. The lowest BCUT2D eigenvalue weighted by Crippen LogP contribution is -2.28. The summed E-state index contributed by atoms with van der Waals surface area (Å²) in [4.78, 5) is 13.6. The minimum Gasteiger partial charge on any atom is -0.462 e. The lowest BCUT2D eigenvalue weighted by molar-refractivity contribution is 0.0526. The Hall–Kier alpha value is -1.14. The van der Waals surface area contributed by atoms with Gasteiger partial charge in [0.2, 0.25) is 0 Å². The Labute approximate surface area is 135 Å². The summed E-state index contributed by atoms with van der Waals surface area (Å²) in [5.41, 5.74) is 1.84. The Balaban J connectivity index is 2.33. The SMILES string of the molecule is CCNC(=S)Nc1sc2c(c1C(=O)OCC)CC[C@@H](C)C2. The highest BCUT2D eigenvalue weighted by Gasteiger charge is 2.28. The highest BCUT2D eigenvalue weighted by atomic mass is 32.1. The third-order valence-electron chi connectivity index (χ3n) is 3.56. The lowest BCUT2D eigenvalue weighted by atomic mass is 9.88. The number of thiocarbonyl (C=S) groups is 1. The Morgan fingerprint density at radius 2 is 2.24 bits per heavy atom. The standard InChI is InChI=1S/C15H22N2O2S2/c1-4-16-15(20)17-13-12(14(18)19-5-2)10-7-6-9(3)8-11(10)21-13/h9H,4-8H2,1-3H3,(H2,16,17,20)/t9-/m1/s1. The van der Waals surface area contributed by atoms with E-state index in [2.05, 4.69) is 17.6 Å². The molecule has 0 saturated heterocycles. The van der Waals surface area contributed by atoms with E-state index >= 15 is 0 Å². The third-order valence-corrected chi connectivity index (χ3v) is 4.97. The van der Waals surface area contributed by atoms with Crippen LogP contribution in [0.4, 0.5) is 5.00 Å². The Morgan fingerprint density at radius 3 is 2.90 bits per heavy atom. The number of nitrogens with one attached hydrogen (secondary N) is 2. The zero-order valence-electron chi connectivity index (χ0n) is 12.7. The lowest BCUT2D eigenvalue weighted by Gasteiger charge is -2.18. The largest absolute Gasteiger partial charge is 0.462 e. The molecular weight excluding hydrogens is 304 g/mol. The molecule has 2 N–H and O–H groups in total. The summed E-state index contributed by atoms with van der Waals surface area (Å²) in [5, 5.41) is 7.59. The average Bonchev–Trinajstić information content (AvgIpc) is 2.75. The molecule has 1 atom stereocenters. The van der Waals surface area contributed by atoms with E-state index in [1.165, 1.54) is 4.88 Å². The van der Waals surface area contributed by atoms with Crippen LogP contribution in [0.3, 0.4) is 0 Å². The van der Waals surface area contributed by atoms with Crippen molar-refractivity contribution in [2.45, 2.75) is 40.0 Å². The molecule has 1 aliphatic carbocycles. The summed E-state index contributed by atoms with van der Waals surface area (Å²) < 4.78 is 5.23. The number of anilines is 1. The van der Waals surface area contributed by atoms with Crippen molar-refractivity contribution < 1.29 is 9.53 Å². The van der Waals surface area contributed by atoms with Crippen LogP contribution in [0.5, 0.6) is 0 Å². The Bertz CT molecular complexity index is 540. The van der Waals surface area contributed by atoms with Gasteiger partial charge in [-0.15, -0.1) is 11.3 Å². The number of hydrogen-bond donors (Lipinski definition) is 2. The molecule has 21 heavy (non-hydrogen) atoms. The second kappa shape index (κ2) is 7.22. The fourth-order valence-corrected chi connectivity index (χ4v) is 4.28. The van der Waals surface area contributed by atoms with Crippen molar-refractivity contribution in [2.24, 2.45) is 5.92 Å². The summed E-state index contributed by atoms with van der Waals surface area (Å²) in [5.74, 6) is 0.422. The number of esters is 1. The van der Waals surface area contributed by atoms with Gasteiger partial charge in [0.05, 0.1) is 12.2 Å². The summed E-state index contributed by atoms with van der Waals surface area (Å²) >= 11 is 6.88. The smallest absolute Gasteiger partial charge is 0.341 e. The van der Waals surface area contributed by atoms with Crippen molar-refractivity contribution in [1.29, 1.82) is 0 Å². The first kappa shape index (κ1) is 16.2. The first-order valence-electron chi connectivity index (χ1n) is 7.43. The van der Waals surface area contributed by atoms with E-state index in [0.29, 0.717) is 23.2 Å². The van der Waals surface area contributed by atoms with Crippen LogP contribution >= 0.6 is 23.6 Å². The number of rotatable bonds is 4. The number of ether oxygens (including phenoxy) is 1. The molecule has 2 rings (SSSR count). The second-order valence-corrected chi connectivity index (χ2v) is 6.77. The normalized spacial score (nSPS) is 17.0. The zero-order chi connectivity index (χ0) is 15.4. The molecule has 1 aliphatic rings. The van der Waals surface area contributed by atoms with Gasteiger partial charge in [-0.05, 0) is 56.8 Å². The Kier molecular flexibility index (Phi) is 5.58. The highest BCUT2D eigenvalue weighted by molar-refractivity contribution is 7.80. The molecule has 6 heteroatoms. The summed E-state index contributed by atoms with van der Waals surface area (Å²) in [6, 6.07) is 0. The number of hydrogen-bond acceptors (Lipinski definition) is 4. The van der Waals surface area contributed by atoms with E-state index in [1.807, 2.05) is 13.8 Å². The van der Waals surface area contributed by atoms with Gasteiger partial charge in [0.15, 0.2) is 5.11 Å². The fraction of sp³-hybridized carbons (Fsp3) is 0.600. The second-order valence-electron chi connectivity index (χ2n) is 5.26. The quantitative estimate of drug-likeness (QED) is 0.656. The van der Waals surface area contributed by atoms with Gasteiger partial charge >= 0.3 is 5.97 Å². The van der Waals surface area contributed by atoms with E-state index in [9.17, 15) is 4.79 Å². The maximum absolute atomic E-state index is 12.3. The zero-order valence-corrected chi connectivity index (χ0v) is 14.4. The van der Waals surface area contributed by atoms with Crippen molar-refractivity contribution in [3.05, 3.63) is 16.0 Å². The summed E-state index contributed by atoms with van der Waals surface area (Å²) in [6.07, 6.45) is 3.09. The van der Waals surface area contributed by atoms with Crippen LogP contribution in [0.2, 0.25) is 0 Å². The van der Waals surface area contributed by atoms with Crippen LogP contribution in [-0.4, -0.2) is 24.2 Å². The van der Waals surface area contributed by atoms with E-state index in [-0.39, 0.29) is 5.97 Å². The Morgan fingerprint density at radius 1 is 1.48 bits per heavy atom. The minimum absolute atomic E-state index is 0.244. The van der Waals surface area contributed by atoms with Gasteiger partial charge in [-0.2, -0.15) is 0 Å². The molecule has 0 radical (unpaired) electrons. The van der Waals surface area contributed by atoms with Crippen molar-refractivity contribution in [3.63, 3.8) is 0 Å². The van der Waals surface area contributed by atoms with E-state index in [0.717, 1.165) is 36.4 Å². The molecule has 0 spiro atoms. The monoisotopic (exact) mass is 326 g/mol. The minimum atomic E-state index is -0.244. The van der Waals surface area contributed by atoms with Gasteiger partial charge in [-0.25, -0.2) is 4.79 Å². The summed E-state index contributed by atoms with van der Waals surface area (Å²) in [7, 11) is 0. The van der Waals surface area contributed by atoms with E-state index in [1.54, 1.807) is 11.3 Å².